The summed E-state index contributed by atoms with van der Waals surface area (Å²) in [5.74, 6) is 0.402. The molecule has 0 bridgehead atoms. The van der Waals surface area contributed by atoms with Gasteiger partial charge in [0.05, 0.1) is 22.0 Å². The van der Waals surface area contributed by atoms with Gasteiger partial charge in [-0.25, -0.2) is 13.6 Å². The summed E-state index contributed by atoms with van der Waals surface area (Å²) < 4.78 is 27.8. The summed E-state index contributed by atoms with van der Waals surface area (Å²) in [5.41, 5.74) is -0.0724. The van der Waals surface area contributed by atoms with E-state index in [1.54, 1.807) is 6.08 Å². The number of nitrogens with two attached hydrogens (primary N) is 1. The van der Waals surface area contributed by atoms with Gasteiger partial charge in [-0.1, -0.05) is 0 Å². The number of rotatable bonds is 3. The zero-order valence-electron chi connectivity index (χ0n) is 9.90. The molecule has 7 nitrogen and oxygen atoms in total. The third kappa shape index (κ3) is 2.91. The molecule has 1 aliphatic rings. The maximum atomic E-state index is 11.2. The average molecular weight is 284 g/mol. The van der Waals surface area contributed by atoms with E-state index in [1.165, 1.54) is 12.1 Å². The number of nitro groups is 1. The average Bonchev–Trinajstić information content (AvgIpc) is 2.38. The number of nitro benzene ring substituents is 1. The fourth-order valence-corrected chi connectivity index (χ4v) is 2.33. The SMILES string of the molecule is NS(=O)(=O)c1ccc(C2=CCCCO2)c([N+](=O)[O-])c1. The van der Waals surface area contributed by atoms with Crippen molar-refractivity contribution in [2.45, 2.75) is 17.7 Å². The van der Waals surface area contributed by atoms with Gasteiger partial charge in [0.15, 0.2) is 0 Å². The number of benzene rings is 1. The van der Waals surface area contributed by atoms with Crippen LogP contribution in [0.2, 0.25) is 0 Å². The Bertz CT molecular complexity index is 651. The summed E-state index contributed by atoms with van der Waals surface area (Å²) in [7, 11) is -3.97. The molecule has 2 N–H and O–H groups in total. The molecule has 19 heavy (non-hydrogen) atoms. The first kappa shape index (κ1) is 13.5. The first-order valence-corrected chi connectivity index (χ1v) is 7.09. The minimum Gasteiger partial charge on any atom is -0.493 e. The number of primary sulfonamides is 1. The summed E-state index contributed by atoms with van der Waals surface area (Å²) in [6.07, 6.45) is 3.37. The van der Waals surface area contributed by atoms with Crippen LogP contribution in [0.3, 0.4) is 0 Å². The van der Waals surface area contributed by atoms with Crippen molar-refractivity contribution in [3.63, 3.8) is 0 Å². The van der Waals surface area contributed by atoms with Crippen LogP contribution in [0.5, 0.6) is 0 Å². The van der Waals surface area contributed by atoms with Crippen LogP contribution in [-0.2, 0) is 14.8 Å². The van der Waals surface area contributed by atoms with Crippen LogP contribution in [0, 0.1) is 10.1 Å². The summed E-state index contributed by atoms with van der Waals surface area (Å²) in [5, 5.41) is 16.0. The van der Waals surface area contributed by atoms with E-state index in [0.717, 1.165) is 18.9 Å². The topological polar surface area (TPSA) is 113 Å². The van der Waals surface area contributed by atoms with E-state index in [9.17, 15) is 18.5 Å². The first-order valence-electron chi connectivity index (χ1n) is 5.54. The Hall–Kier alpha value is -1.93. The van der Waals surface area contributed by atoms with Crippen molar-refractivity contribution in [3.8, 4) is 0 Å². The second-order valence-electron chi connectivity index (χ2n) is 4.04. The normalized spacial score (nSPS) is 15.5. The van der Waals surface area contributed by atoms with E-state index in [2.05, 4.69) is 0 Å². The van der Waals surface area contributed by atoms with E-state index >= 15 is 0 Å². The van der Waals surface area contributed by atoms with Gasteiger partial charge in [-0.3, -0.25) is 10.1 Å². The van der Waals surface area contributed by atoms with Gasteiger partial charge in [0.25, 0.3) is 5.69 Å². The van der Waals surface area contributed by atoms with E-state index < -0.39 is 14.9 Å². The predicted molar refractivity (Wildman–Crippen MR) is 67.6 cm³/mol. The lowest BCUT2D eigenvalue weighted by Crippen LogP contribution is -2.13. The summed E-state index contributed by atoms with van der Waals surface area (Å²) in [6.45, 7) is 0.486. The molecule has 0 amide bonds. The lowest BCUT2D eigenvalue weighted by Gasteiger charge is -2.15. The number of allylic oxidation sites excluding steroid dienone is 1. The summed E-state index contributed by atoms with van der Waals surface area (Å²) in [4.78, 5) is 10.1. The molecule has 1 heterocycles. The van der Waals surface area contributed by atoms with Crippen LogP contribution in [0.25, 0.3) is 5.76 Å². The van der Waals surface area contributed by atoms with Gasteiger partial charge in [-0.2, -0.15) is 0 Å². The van der Waals surface area contributed by atoms with Crippen LogP contribution >= 0.6 is 0 Å². The molecule has 0 spiro atoms. The molecular weight excluding hydrogens is 272 g/mol. The van der Waals surface area contributed by atoms with Gasteiger partial charge in [0, 0.05) is 6.07 Å². The summed E-state index contributed by atoms with van der Waals surface area (Å²) in [6, 6.07) is 3.52. The van der Waals surface area contributed by atoms with E-state index in [1.807, 2.05) is 0 Å². The predicted octanol–water partition coefficient (Wildman–Crippen LogP) is 1.39. The molecule has 0 radical (unpaired) electrons. The Kier molecular flexibility index (Phi) is 3.54. The second kappa shape index (κ2) is 4.98. The monoisotopic (exact) mass is 284 g/mol. The molecule has 1 aliphatic heterocycles. The maximum Gasteiger partial charge on any atom is 0.281 e. The van der Waals surface area contributed by atoms with Gasteiger partial charge in [0.1, 0.15) is 5.76 Å². The molecule has 1 aromatic carbocycles. The van der Waals surface area contributed by atoms with Crippen LogP contribution in [-0.4, -0.2) is 19.9 Å². The van der Waals surface area contributed by atoms with Crippen molar-refractivity contribution in [3.05, 3.63) is 40.0 Å². The molecule has 0 atom stereocenters. The third-order valence-corrected chi connectivity index (χ3v) is 3.61. The van der Waals surface area contributed by atoms with Crippen molar-refractivity contribution in [1.29, 1.82) is 0 Å². The Morgan fingerprint density at radius 1 is 1.37 bits per heavy atom. The van der Waals surface area contributed by atoms with Crippen LogP contribution < -0.4 is 5.14 Å². The molecule has 0 unspecified atom stereocenters. The molecule has 0 saturated carbocycles. The smallest absolute Gasteiger partial charge is 0.281 e. The lowest BCUT2D eigenvalue weighted by atomic mass is 10.1. The quantitative estimate of drug-likeness (QED) is 0.665. The van der Waals surface area contributed by atoms with E-state index in [-0.39, 0.29) is 16.1 Å². The highest BCUT2D eigenvalue weighted by Gasteiger charge is 2.22. The number of ether oxygens (including phenoxy) is 1. The van der Waals surface area contributed by atoms with Crippen molar-refractivity contribution in [2.24, 2.45) is 5.14 Å². The molecule has 2 rings (SSSR count). The number of hydrogen-bond donors (Lipinski definition) is 1. The zero-order valence-corrected chi connectivity index (χ0v) is 10.7. The number of nitrogens with zero attached hydrogens (tertiary/aromatic N) is 1. The molecule has 8 heteroatoms. The van der Waals surface area contributed by atoms with Crippen molar-refractivity contribution in [2.75, 3.05) is 6.61 Å². The van der Waals surface area contributed by atoms with E-state index in [0.29, 0.717) is 12.4 Å². The highest BCUT2D eigenvalue weighted by atomic mass is 32.2. The largest absolute Gasteiger partial charge is 0.493 e. The molecule has 0 aromatic heterocycles. The van der Waals surface area contributed by atoms with Gasteiger partial charge < -0.3 is 4.74 Å². The minimum absolute atomic E-state index is 0.261. The first-order chi connectivity index (χ1) is 8.89. The molecule has 102 valence electrons. The lowest BCUT2D eigenvalue weighted by molar-refractivity contribution is -0.385. The number of hydrogen-bond acceptors (Lipinski definition) is 5. The van der Waals surface area contributed by atoms with Crippen LogP contribution in [0.4, 0.5) is 5.69 Å². The van der Waals surface area contributed by atoms with Gasteiger partial charge in [-0.15, -0.1) is 0 Å². The highest BCUT2D eigenvalue weighted by molar-refractivity contribution is 7.89. The molecular formula is C11H12N2O5S. The van der Waals surface area contributed by atoms with Gasteiger partial charge in [-0.05, 0) is 31.1 Å². The molecule has 1 aromatic rings. The Morgan fingerprint density at radius 2 is 2.11 bits per heavy atom. The standard InChI is InChI=1S/C11H12N2O5S/c12-19(16,17)8-4-5-9(10(7-8)13(14)15)11-3-1-2-6-18-11/h3-5,7H,1-2,6H2,(H2,12,16,17). The van der Waals surface area contributed by atoms with Crippen LogP contribution in [0.1, 0.15) is 18.4 Å². The highest BCUT2D eigenvalue weighted by Crippen LogP contribution is 2.31. The summed E-state index contributed by atoms with van der Waals surface area (Å²) >= 11 is 0. The van der Waals surface area contributed by atoms with E-state index in [4.69, 9.17) is 9.88 Å². The molecule has 0 aliphatic carbocycles. The Morgan fingerprint density at radius 3 is 2.63 bits per heavy atom. The fourth-order valence-electron chi connectivity index (χ4n) is 1.79. The number of sulfonamides is 1. The Balaban J connectivity index is 2.56. The Labute approximate surface area is 109 Å². The second-order valence-corrected chi connectivity index (χ2v) is 5.60. The fraction of sp³-hybridized carbons (Fsp3) is 0.273. The van der Waals surface area contributed by atoms with Gasteiger partial charge >= 0.3 is 0 Å². The maximum absolute atomic E-state index is 11.2. The third-order valence-electron chi connectivity index (χ3n) is 2.70. The van der Waals surface area contributed by atoms with Gasteiger partial charge in [0.2, 0.25) is 10.0 Å². The van der Waals surface area contributed by atoms with Crippen molar-refractivity contribution < 1.29 is 18.1 Å². The zero-order chi connectivity index (χ0) is 14.0. The van der Waals surface area contributed by atoms with Crippen LogP contribution in [0.15, 0.2) is 29.2 Å². The molecule has 0 saturated heterocycles. The molecule has 0 fully saturated rings. The van der Waals surface area contributed by atoms with Crippen molar-refractivity contribution in [1.82, 2.24) is 0 Å². The minimum atomic E-state index is -3.97. The van der Waals surface area contributed by atoms with Crippen molar-refractivity contribution >= 4 is 21.5 Å².